The third kappa shape index (κ3) is 6.06. The van der Waals surface area contributed by atoms with Gasteiger partial charge in [-0.1, -0.05) is 44.4 Å². The fourth-order valence-electron chi connectivity index (χ4n) is 2.63. The molecule has 2 aromatic carbocycles. The molecule has 0 aliphatic heterocycles. The monoisotopic (exact) mass is 392 g/mol. The number of carbonyl (C=O) groups is 1. The molecule has 1 amide bonds. The molecule has 0 fully saturated rings. The zero-order chi connectivity index (χ0) is 19.9. The van der Waals surface area contributed by atoms with Crippen LogP contribution in [0.1, 0.15) is 49.9 Å². The first kappa shape index (κ1) is 20.9. The quantitative estimate of drug-likeness (QED) is 0.624. The number of benzene rings is 2. The summed E-state index contributed by atoms with van der Waals surface area (Å²) in [6, 6.07) is 11.2. The summed E-state index contributed by atoms with van der Waals surface area (Å²) in [5.74, 6) is -1.00. The molecule has 5 nitrogen and oxygen atoms in total. The van der Waals surface area contributed by atoms with Crippen LogP contribution in [0.3, 0.4) is 0 Å². The molecule has 0 radical (unpaired) electrons. The molecule has 2 aromatic rings. The van der Waals surface area contributed by atoms with Gasteiger partial charge in [-0.3, -0.25) is 9.52 Å². The van der Waals surface area contributed by atoms with Crippen LogP contribution in [-0.4, -0.2) is 20.4 Å². The number of hydrogen-bond acceptors (Lipinski definition) is 3. The van der Waals surface area contributed by atoms with E-state index in [4.69, 9.17) is 0 Å². The highest BCUT2D eigenvalue weighted by molar-refractivity contribution is 7.92. The molecule has 1 unspecified atom stereocenters. The van der Waals surface area contributed by atoms with Gasteiger partial charge >= 0.3 is 0 Å². The first-order valence-corrected chi connectivity index (χ1v) is 10.5. The number of rotatable bonds is 9. The van der Waals surface area contributed by atoms with Crippen molar-refractivity contribution in [1.29, 1.82) is 0 Å². The molecule has 2 N–H and O–H groups in total. The maximum Gasteiger partial charge on any atom is 0.262 e. The molecule has 0 aliphatic rings. The molecule has 0 saturated heterocycles. The number of para-hydroxylation sites is 1. The van der Waals surface area contributed by atoms with Crippen LogP contribution in [0.4, 0.5) is 10.1 Å². The Bertz CT molecular complexity index is 884. The van der Waals surface area contributed by atoms with E-state index in [1.54, 1.807) is 6.07 Å². The van der Waals surface area contributed by atoms with E-state index >= 15 is 0 Å². The highest BCUT2D eigenvalue weighted by Crippen LogP contribution is 2.19. The van der Waals surface area contributed by atoms with E-state index in [2.05, 4.69) is 17.0 Å². The van der Waals surface area contributed by atoms with Crippen LogP contribution < -0.4 is 10.0 Å². The Labute approximate surface area is 160 Å². The first-order valence-electron chi connectivity index (χ1n) is 9.01. The summed E-state index contributed by atoms with van der Waals surface area (Å²) in [7, 11) is -4.01. The number of sulfonamides is 1. The minimum absolute atomic E-state index is 0.000790. The van der Waals surface area contributed by atoms with Crippen molar-refractivity contribution in [3.8, 4) is 0 Å². The third-order valence-electron chi connectivity index (χ3n) is 4.14. The molecule has 146 valence electrons. The van der Waals surface area contributed by atoms with E-state index in [0.29, 0.717) is 0 Å². The number of anilines is 1. The van der Waals surface area contributed by atoms with Gasteiger partial charge in [-0.05, 0) is 43.7 Å². The smallest absolute Gasteiger partial charge is 0.262 e. The lowest BCUT2D eigenvalue weighted by Crippen LogP contribution is -2.32. The van der Waals surface area contributed by atoms with Gasteiger partial charge in [0.2, 0.25) is 0 Å². The number of amides is 1. The van der Waals surface area contributed by atoms with Crippen LogP contribution in [0.2, 0.25) is 0 Å². The summed E-state index contributed by atoms with van der Waals surface area (Å²) < 4.78 is 41.0. The minimum atomic E-state index is -4.01. The van der Waals surface area contributed by atoms with E-state index in [9.17, 15) is 17.6 Å². The minimum Gasteiger partial charge on any atom is -0.350 e. The normalized spacial score (nSPS) is 12.4. The Morgan fingerprint density at radius 3 is 2.56 bits per heavy atom. The van der Waals surface area contributed by atoms with Crippen molar-refractivity contribution in [2.45, 2.75) is 50.5 Å². The van der Waals surface area contributed by atoms with E-state index < -0.39 is 15.8 Å². The average Bonchev–Trinajstić information content (AvgIpc) is 2.64. The second-order valence-corrected chi connectivity index (χ2v) is 8.17. The highest BCUT2D eigenvalue weighted by Gasteiger charge is 2.18. The van der Waals surface area contributed by atoms with Crippen molar-refractivity contribution in [3.05, 3.63) is 59.9 Å². The Balaban J connectivity index is 2.11. The number of nitrogens with one attached hydrogen (secondary N) is 2. The zero-order valence-corrected chi connectivity index (χ0v) is 16.4. The van der Waals surface area contributed by atoms with Crippen molar-refractivity contribution in [3.63, 3.8) is 0 Å². The van der Waals surface area contributed by atoms with Gasteiger partial charge in [-0.2, -0.15) is 0 Å². The molecule has 2 rings (SSSR count). The van der Waals surface area contributed by atoms with Crippen molar-refractivity contribution in [2.75, 3.05) is 4.72 Å². The number of hydrogen-bond donors (Lipinski definition) is 2. The highest BCUT2D eigenvalue weighted by atomic mass is 32.2. The zero-order valence-electron chi connectivity index (χ0n) is 15.5. The molecule has 0 saturated carbocycles. The topological polar surface area (TPSA) is 75.3 Å². The maximum atomic E-state index is 13.7. The molecular formula is C20H25FN2O3S. The summed E-state index contributed by atoms with van der Waals surface area (Å²) in [6.45, 7) is 4.04. The van der Waals surface area contributed by atoms with E-state index in [1.165, 1.54) is 42.5 Å². The largest absolute Gasteiger partial charge is 0.350 e. The van der Waals surface area contributed by atoms with Crippen LogP contribution in [0.15, 0.2) is 53.4 Å². The molecule has 27 heavy (non-hydrogen) atoms. The summed E-state index contributed by atoms with van der Waals surface area (Å²) in [6.07, 6.45) is 4.11. The first-order chi connectivity index (χ1) is 12.8. The second kappa shape index (κ2) is 9.50. The van der Waals surface area contributed by atoms with Crippen molar-refractivity contribution in [2.24, 2.45) is 0 Å². The summed E-state index contributed by atoms with van der Waals surface area (Å²) in [4.78, 5) is 12.3. The predicted octanol–water partition coefficient (Wildman–Crippen LogP) is 4.33. The van der Waals surface area contributed by atoms with Gasteiger partial charge in [0.15, 0.2) is 0 Å². The SMILES string of the molecule is CCCCCC(C)NC(=O)c1cccc(S(=O)(=O)Nc2ccccc2F)c1. The molecule has 0 heterocycles. The van der Waals surface area contributed by atoms with Crippen LogP contribution in [0, 0.1) is 5.82 Å². The van der Waals surface area contributed by atoms with E-state index in [1.807, 2.05) is 6.92 Å². The molecule has 1 atom stereocenters. The number of halogens is 1. The lowest BCUT2D eigenvalue weighted by Gasteiger charge is -2.14. The standard InChI is InChI=1S/C20H25FN2O3S/c1-3-4-5-9-15(2)22-20(24)16-10-8-11-17(14-16)27(25,26)23-19-13-7-6-12-18(19)21/h6-8,10-15,23H,3-5,9H2,1-2H3,(H,22,24). The van der Waals surface area contributed by atoms with Gasteiger partial charge in [0.05, 0.1) is 10.6 Å². The van der Waals surface area contributed by atoms with Gasteiger partial charge < -0.3 is 5.32 Å². The predicted molar refractivity (Wildman–Crippen MR) is 105 cm³/mol. The van der Waals surface area contributed by atoms with E-state index in [-0.39, 0.29) is 28.1 Å². The summed E-state index contributed by atoms with van der Waals surface area (Å²) in [5.41, 5.74) is 0.102. The Kier molecular flexibility index (Phi) is 7.36. The maximum absolute atomic E-state index is 13.7. The van der Waals surface area contributed by atoms with Gasteiger partial charge in [-0.25, -0.2) is 12.8 Å². The van der Waals surface area contributed by atoms with Crippen LogP contribution in [0.25, 0.3) is 0 Å². The molecule has 0 spiro atoms. The van der Waals surface area contributed by atoms with Crippen LogP contribution in [-0.2, 0) is 10.0 Å². The van der Waals surface area contributed by atoms with Crippen molar-refractivity contribution in [1.82, 2.24) is 5.32 Å². The fraction of sp³-hybridized carbons (Fsp3) is 0.350. The molecule has 0 aliphatic carbocycles. The lowest BCUT2D eigenvalue weighted by atomic mass is 10.1. The summed E-state index contributed by atoms with van der Waals surface area (Å²) in [5, 5.41) is 2.88. The molecule has 7 heteroatoms. The summed E-state index contributed by atoms with van der Waals surface area (Å²) >= 11 is 0. The Morgan fingerprint density at radius 2 is 1.85 bits per heavy atom. The van der Waals surface area contributed by atoms with E-state index in [0.717, 1.165) is 25.7 Å². The van der Waals surface area contributed by atoms with Gasteiger partial charge in [0.1, 0.15) is 5.82 Å². The Hall–Kier alpha value is -2.41. The lowest BCUT2D eigenvalue weighted by molar-refractivity contribution is 0.0937. The van der Waals surface area contributed by atoms with Crippen LogP contribution >= 0.6 is 0 Å². The Morgan fingerprint density at radius 1 is 1.11 bits per heavy atom. The number of unbranched alkanes of at least 4 members (excludes halogenated alkanes) is 2. The fourth-order valence-corrected chi connectivity index (χ4v) is 3.74. The second-order valence-electron chi connectivity index (χ2n) is 6.48. The third-order valence-corrected chi connectivity index (χ3v) is 5.51. The van der Waals surface area contributed by atoms with Crippen molar-refractivity contribution < 1.29 is 17.6 Å². The van der Waals surface area contributed by atoms with Gasteiger partial charge in [0, 0.05) is 11.6 Å². The van der Waals surface area contributed by atoms with Gasteiger partial charge in [0.25, 0.3) is 15.9 Å². The van der Waals surface area contributed by atoms with Gasteiger partial charge in [-0.15, -0.1) is 0 Å². The molecule has 0 bridgehead atoms. The van der Waals surface area contributed by atoms with Crippen molar-refractivity contribution >= 4 is 21.6 Å². The average molecular weight is 392 g/mol. The van der Waals surface area contributed by atoms with Crippen LogP contribution in [0.5, 0.6) is 0 Å². The number of carbonyl (C=O) groups excluding carboxylic acids is 1. The molecule has 0 aromatic heterocycles. The molecular weight excluding hydrogens is 367 g/mol.